The predicted molar refractivity (Wildman–Crippen MR) is 110 cm³/mol. The SMILES string of the molecule is CCc1cccc(C)c1NC(=O)CN1CCN(CC(=O)NC(C)CC)CC1. The van der Waals surface area contributed by atoms with Crippen LogP contribution in [0.15, 0.2) is 18.2 Å². The molecule has 150 valence electrons. The Bertz CT molecular complexity index is 639. The molecule has 0 saturated carbocycles. The van der Waals surface area contributed by atoms with E-state index < -0.39 is 0 Å². The summed E-state index contributed by atoms with van der Waals surface area (Å²) in [6, 6.07) is 6.33. The molecule has 27 heavy (non-hydrogen) atoms. The number of nitrogens with zero attached hydrogens (tertiary/aromatic N) is 2. The second-order valence-corrected chi connectivity index (χ2v) is 7.44. The maximum atomic E-state index is 12.5. The highest BCUT2D eigenvalue weighted by Gasteiger charge is 2.21. The van der Waals surface area contributed by atoms with Crippen molar-refractivity contribution in [3.63, 3.8) is 0 Å². The molecule has 0 bridgehead atoms. The van der Waals surface area contributed by atoms with E-state index in [4.69, 9.17) is 0 Å². The van der Waals surface area contributed by atoms with Gasteiger partial charge in [-0.1, -0.05) is 32.0 Å². The van der Waals surface area contributed by atoms with Gasteiger partial charge in [0, 0.05) is 37.9 Å². The third-order valence-corrected chi connectivity index (χ3v) is 5.22. The van der Waals surface area contributed by atoms with Crippen LogP contribution in [0.3, 0.4) is 0 Å². The number of benzene rings is 1. The number of para-hydroxylation sites is 1. The second-order valence-electron chi connectivity index (χ2n) is 7.44. The van der Waals surface area contributed by atoms with Gasteiger partial charge in [0.15, 0.2) is 0 Å². The molecule has 0 aliphatic carbocycles. The van der Waals surface area contributed by atoms with Gasteiger partial charge in [0.1, 0.15) is 0 Å². The lowest BCUT2D eigenvalue weighted by Crippen LogP contribution is -2.51. The molecule has 1 fully saturated rings. The monoisotopic (exact) mass is 374 g/mol. The highest BCUT2D eigenvalue weighted by molar-refractivity contribution is 5.93. The van der Waals surface area contributed by atoms with Crippen molar-refractivity contribution in [3.8, 4) is 0 Å². The van der Waals surface area contributed by atoms with Gasteiger partial charge in [-0.3, -0.25) is 19.4 Å². The molecule has 2 N–H and O–H groups in total. The number of hydrogen-bond acceptors (Lipinski definition) is 4. The zero-order valence-corrected chi connectivity index (χ0v) is 17.2. The van der Waals surface area contributed by atoms with Crippen molar-refractivity contribution in [3.05, 3.63) is 29.3 Å². The number of carbonyl (C=O) groups excluding carboxylic acids is 2. The summed E-state index contributed by atoms with van der Waals surface area (Å²) >= 11 is 0. The van der Waals surface area contributed by atoms with Crippen LogP contribution >= 0.6 is 0 Å². The van der Waals surface area contributed by atoms with Gasteiger partial charge < -0.3 is 10.6 Å². The minimum Gasteiger partial charge on any atom is -0.353 e. The largest absolute Gasteiger partial charge is 0.353 e. The Labute approximate surface area is 163 Å². The molecule has 1 atom stereocenters. The first-order chi connectivity index (χ1) is 12.9. The molecule has 2 rings (SSSR count). The van der Waals surface area contributed by atoms with Crippen molar-refractivity contribution in [1.82, 2.24) is 15.1 Å². The van der Waals surface area contributed by atoms with Crippen molar-refractivity contribution in [2.24, 2.45) is 0 Å². The van der Waals surface area contributed by atoms with E-state index in [-0.39, 0.29) is 17.9 Å². The van der Waals surface area contributed by atoms with Gasteiger partial charge in [0.05, 0.1) is 13.1 Å². The Hall–Kier alpha value is -1.92. The highest BCUT2D eigenvalue weighted by atomic mass is 16.2. The van der Waals surface area contributed by atoms with Gasteiger partial charge in [0.2, 0.25) is 11.8 Å². The molecule has 6 nitrogen and oxygen atoms in total. The molecule has 0 radical (unpaired) electrons. The number of rotatable bonds is 8. The number of nitrogens with one attached hydrogen (secondary N) is 2. The van der Waals surface area contributed by atoms with Crippen LogP contribution in [0.1, 0.15) is 38.3 Å². The Morgan fingerprint density at radius 2 is 1.63 bits per heavy atom. The summed E-state index contributed by atoms with van der Waals surface area (Å²) in [5.74, 6) is 0.115. The van der Waals surface area contributed by atoms with Gasteiger partial charge in [-0.15, -0.1) is 0 Å². The second kappa shape index (κ2) is 10.4. The van der Waals surface area contributed by atoms with E-state index in [1.54, 1.807) is 0 Å². The summed E-state index contributed by atoms with van der Waals surface area (Å²) in [5, 5.41) is 6.10. The Morgan fingerprint density at radius 1 is 1.04 bits per heavy atom. The Balaban J connectivity index is 1.77. The smallest absolute Gasteiger partial charge is 0.238 e. The lowest BCUT2D eigenvalue weighted by molar-refractivity contribution is -0.124. The Morgan fingerprint density at radius 3 is 2.19 bits per heavy atom. The molecule has 1 heterocycles. The Kier molecular flexibility index (Phi) is 8.25. The number of carbonyl (C=O) groups is 2. The molecule has 1 saturated heterocycles. The average Bonchev–Trinajstić information content (AvgIpc) is 2.64. The number of amides is 2. The molecule has 1 aromatic rings. The lowest BCUT2D eigenvalue weighted by Gasteiger charge is -2.34. The standard InChI is InChI=1S/C21H34N4O2/c1-5-17(4)22-19(26)14-24-10-12-25(13-11-24)15-20(27)23-21-16(3)8-7-9-18(21)6-2/h7-9,17H,5-6,10-15H2,1-4H3,(H,22,26)(H,23,27). The van der Waals surface area contributed by atoms with Crippen LogP contribution < -0.4 is 10.6 Å². The molecule has 0 aromatic heterocycles. The third-order valence-electron chi connectivity index (χ3n) is 5.22. The van der Waals surface area contributed by atoms with Crippen molar-refractivity contribution in [1.29, 1.82) is 0 Å². The minimum absolute atomic E-state index is 0.0296. The molecular formula is C21H34N4O2. The van der Waals surface area contributed by atoms with E-state index in [2.05, 4.69) is 40.3 Å². The average molecular weight is 375 g/mol. The van der Waals surface area contributed by atoms with Crippen molar-refractivity contribution in [2.45, 2.75) is 46.6 Å². The van der Waals surface area contributed by atoms with E-state index in [1.807, 2.05) is 26.0 Å². The predicted octanol–water partition coefficient (Wildman–Crippen LogP) is 2.03. The molecule has 2 amide bonds. The van der Waals surface area contributed by atoms with Crippen molar-refractivity contribution >= 4 is 17.5 Å². The summed E-state index contributed by atoms with van der Waals surface area (Å²) in [4.78, 5) is 28.8. The molecule has 1 unspecified atom stereocenters. The quantitative estimate of drug-likeness (QED) is 0.731. The van der Waals surface area contributed by atoms with Crippen molar-refractivity contribution < 1.29 is 9.59 Å². The van der Waals surface area contributed by atoms with Gasteiger partial charge in [-0.05, 0) is 37.8 Å². The zero-order valence-electron chi connectivity index (χ0n) is 17.2. The van der Waals surface area contributed by atoms with Crippen molar-refractivity contribution in [2.75, 3.05) is 44.6 Å². The van der Waals surface area contributed by atoms with E-state index in [1.165, 1.54) is 5.56 Å². The normalized spacial score (nSPS) is 16.7. The maximum Gasteiger partial charge on any atom is 0.238 e. The summed E-state index contributed by atoms with van der Waals surface area (Å²) in [5.41, 5.74) is 3.21. The van der Waals surface area contributed by atoms with Gasteiger partial charge in [0.25, 0.3) is 0 Å². The molecular weight excluding hydrogens is 340 g/mol. The number of piperazine rings is 1. The first kappa shape index (κ1) is 21.4. The first-order valence-corrected chi connectivity index (χ1v) is 10.0. The van der Waals surface area contributed by atoms with E-state index in [0.29, 0.717) is 13.1 Å². The lowest BCUT2D eigenvalue weighted by atomic mass is 10.1. The molecule has 6 heteroatoms. The number of aryl methyl sites for hydroxylation is 2. The summed E-state index contributed by atoms with van der Waals surface area (Å²) in [6.45, 7) is 12.3. The van der Waals surface area contributed by atoms with Gasteiger partial charge in [-0.25, -0.2) is 0 Å². The maximum absolute atomic E-state index is 12.5. The van der Waals surface area contributed by atoms with Gasteiger partial charge >= 0.3 is 0 Å². The fourth-order valence-electron chi connectivity index (χ4n) is 3.32. The summed E-state index contributed by atoms with van der Waals surface area (Å²) in [7, 11) is 0. The van der Waals surface area contributed by atoms with Crippen LogP contribution in [0.5, 0.6) is 0 Å². The van der Waals surface area contributed by atoms with E-state index >= 15 is 0 Å². The van der Waals surface area contributed by atoms with E-state index in [0.717, 1.165) is 50.3 Å². The topological polar surface area (TPSA) is 64.7 Å². The molecule has 1 aliphatic rings. The summed E-state index contributed by atoms with van der Waals surface area (Å²) in [6.07, 6.45) is 1.84. The fraction of sp³-hybridized carbons (Fsp3) is 0.619. The van der Waals surface area contributed by atoms with Crippen LogP contribution in [0, 0.1) is 6.92 Å². The molecule has 1 aliphatic heterocycles. The van der Waals surface area contributed by atoms with E-state index in [9.17, 15) is 9.59 Å². The molecule has 1 aromatic carbocycles. The van der Waals surface area contributed by atoms with Crippen LogP contribution in [0.2, 0.25) is 0 Å². The zero-order chi connectivity index (χ0) is 19.8. The molecule has 0 spiro atoms. The highest BCUT2D eigenvalue weighted by Crippen LogP contribution is 2.21. The number of anilines is 1. The third kappa shape index (κ3) is 6.63. The minimum atomic E-state index is 0.0296. The van der Waals surface area contributed by atoms with Crippen LogP contribution in [0.25, 0.3) is 0 Å². The summed E-state index contributed by atoms with van der Waals surface area (Å²) < 4.78 is 0. The van der Waals surface area contributed by atoms with Crippen LogP contribution in [-0.4, -0.2) is 66.9 Å². The van der Waals surface area contributed by atoms with Gasteiger partial charge in [-0.2, -0.15) is 0 Å². The fourth-order valence-corrected chi connectivity index (χ4v) is 3.32. The first-order valence-electron chi connectivity index (χ1n) is 10.0. The van der Waals surface area contributed by atoms with Crippen LogP contribution in [0.4, 0.5) is 5.69 Å². The number of hydrogen-bond donors (Lipinski definition) is 2. The van der Waals surface area contributed by atoms with Crippen LogP contribution in [-0.2, 0) is 16.0 Å².